The Morgan fingerprint density at radius 1 is 1.09 bits per heavy atom. The van der Waals surface area contributed by atoms with Gasteiger partial charge in [0.15, 0.2) is 5.92 Å². The van der Waals surface area contributed by atoms with Gasteiger partial charge in [-0.3, -0.25) is 9.59 Å². The van der Waals surface area contributed by atoms with Gasteiger partial charge in [0, 0.05) is 0 Å². The summed E-state index contributed by atoms with van der Waals surface area (Å²) in [7, 11) is 2.41. The van der Waals surface area contributed by atoms with E-state index < -0.39 is 24.0 Å². The van der Waals surface area contributed by atoms with E-state index in [-0.39, 0.29) is 19.6 Å². The highest BCUT2D eigenvalue weighted by molar-refractivity contribution is 5.95. The smallest absolute Gasteiger partial charge is 0.468 e. The fourth-order valence-corrected chi connectivity index (χ4v) is 1.63. The molecule has 0 radical (unpaired) electrons. The van der Waals surface area contributed by atoms with E-state index >= 15 is 0 Å². The lowest BCUT2D eigenvalue weighted by atomic mass is 9.98. The van der Waals surface area contributed by atoms with E-state index in [1.807, 2.05) is 0 Å². The lowest BCUT2D eigenvalue weighted by molar-refractivity contribution is -0.158. The molecule has 0 saturated heterocycles. The van der Waals surface area contributed by atoms with Gasteiger partial charge in [0.05, 0.1) is 20.8 Å². The summed E-state index contributed by atoms with van der Waals surface area (Å²) in [5, 5.41) is 0. The fourth-order valence-electron chi connectivity index (χ4n) is 1.63. The summed E-state index contributed by atoms with van der Waals surface area (Å²) in [4.78, 5) is 34.2. The number of carbonyl (C=O) groups is 3. The number of hydrogen-bond acceptors (Lipinski definition) is 7. The van der Waals surface area contributed by atoms with E-state index in [9.17, 15) is 14.4 Å². The van der Waals surface area contributed by atoms with Gasteiger partial charge in [0.1, 0.15) is 6.61 Å². The van der Waals surface area contributed by atoms with Crippen molar-refractivity contribution in [2.45, 2.75) is 26.7 Å². The third-order valence-electron chi connectivity index (χ3n) is 2.88. The van der Waals surface area contributed by atoms with E-state index in [1.165, 1.54) is 14.2 Å². The molecule has 0 N–H and O–H groups in total. The van der Waals surface area contributed by atoms with Crippen molar-refractivity contribution in [2.24, 2.45) is 5.92 Å². The highest BCUT2D eigenvalue weighted by Gasteiger charge is 2.28. The molecule has 0 aliphatic heterocycles. The molecule has 0 spiro atoms. The Kier molecular flexibility index (Phi) is 10.1. The van der Waals surface area contributed by atoms with Crippen LogP contribution in [0.4, 0.5) is 4.79 Å². The zero-order valence-corrected chi connectivity index (χ0v) is 14.0. The topological polar surface area (TPSA) is 88.1 Å². The number of hydrogen-bond donors (Lipinski definition) is 0. The van der Waals surface area contributed by atoms with Crippen LogP contribution >= 0.6 is 0 Å². The average Bonchev–Trinajstić information content (AvgIpc) is 2.54. The molecular formula is C16H24O7. The van der Waals surface area contributed by atoms with Crippen LogP contribution in [-0.4, -0.2) is 45.5 Å². The molecule has 0 aliphatic rings. The Bertz CT molecular complexity index is 449. The summed E-state index contributed by atoms with van der Waals surface area (Å²) in [6.45, 7) is 7.65. The van der Waals surface area contributed by atoms with Gasteiger partial charge < -0.3 is 18.9 Å². The maximum Gasteiger partial charge on any atom is 0.508 e. The van der Waals surface area contributed by atoms with E-state index in [0.29, 0.717) is 12.0 Å². The van der Waals surface area contributed by atoms with Gasteiger partial charge >= 0.3 is 18.1 Å². The first-order valence-electron chi connectivity index (χ1n) is 7.13. The Labute approximate surface area is 136 Å². The van der Waals surface area contributed by atoms with Crippen molar-refractivity contribution in [1.82, 2.24) is 0 Å². The number of esters is 2. The van der Waals surface area contributed by atoms with Gasteiger partial charge in [-0.25, -0.2) is 4.79 Å². The van der Waals surface area contributed by atoms with Crippen molar-refractivity contribution < 1.29 is 33.3 Å². The largest absolute Gasteiger partial charge is 0.508 e. The van der Waals surface area contributed by atoms with Gasteiger partial charge in [-0.2, -0.15) is 0 Å². The van der Waals surface area contributed by atoms with Crippen molar-refractivity contribution in [2.75, 3.05) is 27.4 Å². The summed E-state index contributed by atoms with van der Waals surface area (Å²) in [6, 6.07) is 0. The van der Waals surface area contributed by atoms with Crippen LogP contribution in [0.2, 0.25) is 0 Å². The Balaban J connectivity index is 4.45. The Hall–Kier alpha value is -2.31. The van der Waals surface area contributed by atoms with Crippen molar-refractivity contribution in [3.8, 4) is 0 Å². The van der Waals surface area contributed by atoms with Crippen LogP contribution in [0.1, 0.15) is 26.7 Å². The summed E-state index contributed by atoms with van der Waals surface area (Å²) >= 11 is 0. The molecule has 0 aromatic rings. The molecule has 0 unspecified atom stereocenters. The van der Waals surface area contributed by atoms with Crippen molar-refractivity contribution in [1.29, 1.82) is 0 Å². The fraction of sp³-hybridized carbons (Fsp3) is 0.562. The summed E-state index contributed by atoms with van der Waals surface area (Å²) in [6.07, 6.45) is 1.63. The van der Waals surface area contributed by atoms with Gasteiger partial charge in [0.25, 0.3) is 0 Å². The molecule has 0 aromatic carbocycles. The summed E-state index contributed by atoms with van der Waals surface area (Å²) < 4.78 is 18.7. The van der Waals surface area contributed by atoms with Crippen LogP contribution in [0.15, 0.2) is 23.8 Å². The van der Waals surface area contributed by atoms with Crippen LogP contribution in [0.3, 0.4) is 0 Å². The number of rotatable bonds is 9. The Morgan fingerprint density at radius 2 is 1.65 bits per heavy atom. The standard InChI is InChI=1S/C16H24O7/c1-6-22-16(19)23-10-12(3)8-7-11(2)9-13(14(17)20-4)15(18)21-5/h8,13H,2,6-7,9-10H2,1,3-5H3/b12-8+. The van der Waals surface area contributed by atoms with Crippen LogP contribution in [-0.2, 0) is 28.5 Å². The molecule has 0 aromatic heterocycles. The molecule has 0 saturated carbocycles. The first kappa shape index (κ1) is 20.7. The van der Waals surface area contributed by atoms with Crippen molar-refractivity contribution in [3.05, 3.63) is 23.8 Å². The maximum absolute atomic E-state index is 11.6. The molecule has 0 amide bonds. The monoisotopic (exact) mass is 328 g/mol. The highest BCUT2D eigenvalue weighted by Crippen LogP contribution is 2.17. The molecule has 0 aliphatic carbocycles. The SMILES string of the molecule is C=C(C/C=C(\C)COC(=O)OCC)CC(C(=O)OC)C(=O)OC. The van der Waals surface area contributed by atoms with Gasteiger partial charge in [-0.1, -0.05) is 18.2 Å². The molecule has 7 heteroatoms. The first-order chi connectivity index (χ1) is 10.8. The minimum atomic E-state index is -1.03. The second-order valence-electron chi connectivity index (χ2n) is 4.78. The molecule has 0 heterocycles. The first-order valence-corrected chi connectivity index (χ1v) is 7.13. The highest BCUT2D eigenvalue weighted by atomic mass is 16.7. The molecule has 0 rings (SSSR count). The number of ether oxygens (including phenoxy) is 4. The molecule has 0 atom stereocenters. The predicted molar refractivity (Wildman–Crippen MR) is 82.6 cm³/mol. The van der Waals surface area contributed by atoms with Crippen molar-refractivity contribution in [3.63, 3.8) is 0 Å². The zero-order valence-electron chi connectivity index (χ0n) is 14.0. The number of methoxy groups -OCH3 is 2. The minimum Gasteiger partial charge on any atom is -0.468 e. The van der Waals surface area contributed by atoms with E-state index in [4.69, 9.17) is 4.74 Å². The quantitative estimate of drug-likeness (QED) is 0.278. The van der Waals surface area contributed by atoms with Crippen LogP contribution in [0.5, 0.6) is 0 Å². The summed E-state index contributed by atoms with van der Waals surface area (Å²) in [5.74, 6) is -2.35. The van der Waals surface area contributed by atoms with Crippen molar-refractivity contribution >= 4 is 18.1 Å². The molecule has 23 heavy (non-hydrogen) atoms. The van der Waals surface area contributed by atoms with Crippen LogP contribution in [0.25, 0.3) is 0 Å². The number of allylic oxidation sites excluding steroid dienone is 2. The number of carbonyl (C=O) groups excluding carboxylic acids is 3. The van der Waals surface area contributed by atoms with E-state index in [0.717, 1.165) is 5.57 Å². The third kappa shape index (κ3) is 8.65. The lowest BCUT2D eigenvalue weighted by Crippen LogP contribution is -2.26. The van der Waals surface area contributed by atoms with Gasteiger partial charge in [-0.15, -0.1) is 0 Å². The Morgan fingerprint density at radius 3 is 2.13 bits per heavy atom. The molecule has 7 nitrogen and oxygen atoms in total. The third-order valence-corrected chi connectivity index (χ3v) is 2.88. The maximum atomic E-state index is 11.6. The van der Waals surface area contributed by atoms with Crippen LogP contribution < -0.4 is 0 Å². The van der Waals surface area contributed by atoms with E-state index in [2.05, 4.69) is 20.8 Å². The van der Waals surface area contributed by atoms with Gasteiger partial charge in [-0.05, 0) is 32.3 Å². The normalized spacial score (nSPS) is 10.9. The summed E-state index contributed by atoms with van der Waals surface area (Å²) in [5.41, 5.74) is 1.45. The molecular weight excluding hydrogens is 304 g/mol. The molecule has 0 bridgehead atoms. The average molecular weight is 328 g/mol. The minimum absolute atomic E-state index is 0.101. The molecule has 130 valence electrons. The van der Waals surface area contributed by atoms with Gasteiger partial charge in [0.2, 0.25) is 0 Å². The van der Waals surface area contributed by atoms with Crippen LogP contribution in [0, 0.1) is 5.92 Å². The van der Waals surface area contributed by atoms with E-state index in [1.54, 1.807) is 19.9 Å². The lowest BCUT2D eigenvalue weighted by Gasteiger charge is -2.13. The second-order valence-corrected chi connectivity index (χ2v) is 4.78. The molecule has 0 fully saturated rings. The second kappa shape index (κ2) is 11.3. The zero-order chi connectivity index (χ0) is 17.8. The predicted octanol–water partition coefficient (Wildman–Crippen LogP) is 2.40.